The highest BCUT2D eigenvalue weighted by atomic mass is 16.5. The second-order valence-electron chi connectivity index (χ2n) is 7.85. The second kappa shape index (κ2) is 7.63. The van der Waals surface area contributed by atoms with Crippen molar-refractivity contribution in [2.24, 2.45) is 0 Å². The SMILES string of the molecule is COC(=O)c1c2c(c3ccccc3c1OCc1ccccc1)OC(C)(C)[C@H](O)[C@@H]2O. The number of ether oxygens (including phenoxy) is 3. The number of carbonyl (C=O) groups is 1. The average Bonchev–Trinajstić information content (AvgIpc) is 2.76. The number of rotatable bonds is 4. The molecule has 156 valence electrons. The van der Waals surface area contributed by atoms with Crippen molar-refractivity contribution >= 4 is 16.7 Å². The van der Waals surface area contributed by atoms with Crippen LogP contribution in [0.4, 0.5) is 0 Å². The van der Waals surface area contributed by atoms with Gasteiger partial charge in [0.25, 0.3) is 0 Å². The summed E-state index contributed by atoms with van der Waals surface area (Å²) >= 11 is 0. The fourth-order valence-electron chi connectivity index (χ4n) is 3.83. The number of aliphatic hydroxyl groups is 2. The molecule has 0 aliphatic carbocycles. The summed E-state index contributed by atoms with van der Waals surface area (Å²) in [4.78, 5) is 12.8. The van der Waals surface area contributed by atoms with Gasteiger partial charge in [0.2, 0.25) is 0 Å². The van der Waals surface area contributed by atoms with Crippen LogP contribution in [-0.4, -0.2) is 35.0 Å². The van der Waals surface area contributed by atoms with E-state index in [0.717, 1.165) is 5.56 Å². The predicted octanol–water partition coefficient (Wildman–Crippen LogP) is 3.77. The molecular weight excluding hydrogens is 384 g/mol. The van der Waals surface area contributed by atoms with Crippen LogP contribution < -0.4 is 9.47 Å². The van der Waals surface area contributed by atoms with E-state index in [2.05, 4.69) is 0 Å². The van der Waals surface area contributed by atoms with Gasteiger partial charge < -0.3 is 24.4 Å². The number of esters is 1. The third kappa shape index (κ3) is 3.28. The second-order valence-corrected chi connectivity index (χ2v) is 7.85. The van der Waals surface area contributed by atoms with Crippen molar-refractivity contribution in [2.75, 3.05) is 7.11 Å². The van der Waals surface area contributed by atoms with Crippen molar-refractivity contribution < 1.29 is 29.2 Å². The van der Waals surface area contributed by atoms with Crippen LogP contribution in [-0.2, 0) is 11.3 Å². The Kier molecular flexibility index (Phi) is 5.13. The van der Waals surface area contributed by atoms with Gasteiger partial charge in [-0.2, -0.15) is 0 Å². The highest BCUT2D eigenvalue weighted by molar-refractivity contribution is 6.06. The van der Waals surface area contributed by atoms with Gasteiger partial charge in [0.1, 0.15) is 41.5 Å². The van der Waals surface area contributed by atoms with Gasteiger partial charge in [-0.3, -0.25) is 0 Å². The Bertz CT molecular complexity index is 1090. The summed E-state index contributed by atoms with van der Waals surface area (Å²) in [5.41, 5.74) is 0.113. The molecule has 0 spiro atoms. The first-order valence-corrected chi connectivity index (χ1v) is 9.74. The zero-order valence-corrected chi connectivity index (χ0v) is 17.1. The van der Waals surface area contributed by atoms with E-state index in [1.807, 2.05) is 54.6 Å². The predicted molar refractivity (Wildman–Crippen MR) is 112 cm³/mol. The van der Waals surface area contributed by atoms with Crippen LogP contribution in [0.5, 0.6) is 11.5 Å². The highest BCUT2D eigenvalue weighted by Crippen LogP contribution is 2.50. The fourth-order valence-corrected chi connectivity index (χ4v) is 3.83. The molecule has 6 heteroatoms. The third-order valence-corrected chi connectivity index (χ3v) is 5.45. The maximum absolute atomic E-state index is 12.8. The van der Waals surface area contributed by atoms with Crippen LogP contribution in [0.15, 0.2) is 54.6 Å². The number of benzene rings is 3. The molecule has 1 heterocycles. The normalized spacial score (nSPS) is 19.6. The molecule has 2 N–H and O–H groups in total. The van der Waals surface area contributed by atoms with E-state index in [9.17, 15) is 15.0 Å². The van der Waals surface area contributed by atoms with E-state index in [0.29, 0.717) is 16.5 Å². The third-order valence-electron chi connectivity index (χ3n) is 5.45. The highest BCUT2D eigenvalue weighted by Gasteiger charge is 2.46. The molecule has 1 aliphatic rings. The van der Waals surface area contributed by atoms with Gasteiger partial charge in [-0.25, -0.2) is 4.79 Å². The lowest BCUT2D eigenvalue weighted by molar-refractivity contribution is -0.111. The van der Waals surface area contributed by atoms with E-state index in [1.54, 1.807) is 13.8 Å². The van der Waals surface area contributed by atoms with Crippen LogP contribution >= 0.6 is 0 Å². The molecule has 0 saturated heterocycles. The molecule has 3 aromatic carbocycles. The van der Waals surface area contributed by atoms with Crippen molar-refractivity contribution in [3.63, 3.8) is 0 Å². The number of methoxy groups -OCH3 is 1. The minimum absolute atomic E-state index is 0.0594. The van der Waals surface area contributed by atoms with Gasteiger partial charge >= 0.3 is 5.97 Å². The molecule has 30 heavy (non-hydrogen) atoms. The molecule has 1 aliphatic heterocycles. The molecular formula is C24H24O6. The molecule has 0 unspecified atom stereocenters. The Morgan fingerprint density at radius 1 is 1.03 bits per heavy atom. The number of aliphatic hydroxyl groups excluding tert-OH is 2. The summed E-state index contributed by atoms with van der Waals surface area (Å²) in [5.74, 6) is -0.0370. The van der Waals surface area contributed by atoms with Crippen LogP contribution in [0.25, 0.3) is 10.8 Å². The summed E-state index contributed by atoms with van der Waals surface area (Å²) in [6.45, 7) is 3.60. The Labute approximate surface area is 174 Å². The summed E-state index contributed by atoms with van der Waals surface area (Å²) in [7, 11) is 1.27. The number of hydrogen-bond donors (Lipinski definition) is 2. The summed E-state index contributed by atoms with van der Waals surface area (Å²) in [5, 5.41) is 22.9. The minimum Gasteiger partial charge on any atom is -0.487 e. The van der Waals surface area contributed by atoms with Gasteiger partial charge in [0, 0.05) is 16.3 Å². The van der Waals surface area contributed by atoms with Crippen molar-refractivity contribution in [2.45, 2.75) is 38.3 Å². The van der Waals surface area contributed by atoms with E-state index < -0.39 is 23.8 Å². The van der Waals surface area contributed by atoms with Crippen LogP contribution in [0, 0.1) is 0 Å². The van der Waals surface area contributed by atoms with E-state index >= 15 is 0 Å². The molecule has 3 aromatic rings. The van der Waals surface area contributed by atoms with Crippen LogP contribution in [0.3, 0.4) is 0 Å². The summed E-state index contributed by atoms with van der Waals surface area (Å²) in [6.07, 6.45) is -2.59. The van der Waals surface area contributed by atoms with E-state index in [1.165, 1.54) is 7.11 Å². The minimum atomic E-state index is -1.35. The Hall–Kier alpha value is -3.09. The first-order chi connectivity index (χ1) is 14.3. The first kappa shape index (κ1) is 20.2. The van der Waals surface area contributed by atoms with Gasteiger partial charge in [-0.15, -0.1) is 0 Å². The van der Waals surface area contributed by atoms with Gasteiger partial charge in [-0.05, 0) is 19.4 Å². The Morgan fingerprint density at radius 2 is 1.67 bits per heavy atom. The van der Waals surface area contributed by atoms with E-state index in [4.69, 9.17) is 14.2 Å². The molecule has 0 bridgehead atoms. The maximum Gasteiger partial charge on any atom is 0.342 e. The van der Waals surface area contributed by atoms with Crippen molar-refractivity contribution in [1.82, 2.24) is 0 Å². The van der Waals surface area contributed by atoms with Gasteiger partial charge in [-0.1, -0.05) is 54.6 Å². The van der Waals surface area contributed by atoms with Crippen LogP contribution in [0.1, 0.15) is 41.4 Å². The standard InChI is InChI=1S/C24H24O6/c1-24(2)22(26)19(25)17-18(23(27)28-3)20(29-13-14-9-5-4-6-10-14)15-11-7-8-12-16(15)21(17)30-24/h4-12,19,22,25-26H,13H2,1-3H3/t19-,22-/m1/s1. The molecule has 6 nitrogen and oxygen atoms in total. The molecule has 0 fully saturated rings. The topological polar surface area (TPSA) is 85.2 Å². The zero-order chi connectivity index (χ0) is 21.5. The quantitative estimate of drug-likeness (QED) is 0.640. The lowest BCUT2D eigenvalue weighted by atomic mass is 9.84. The molecule has 0 saturated carbocycles. The monoisotopic (exact) mass is 408 g/mol. The molecule has 4 rings (SSSR count). The summed E-state index contributed by atoms with van der Waals surface area (Å²) < 4.78 is 17.2. The van der Waals surface area contributed by atoms with E-state index in [-0.39, 0.29) is 23.5 Å². The summed E-state index contributed by atoms with van der Waals surface area (Å²) in [6, 6.07) is 16.9. The first-order valence-electron chi connectivity index (χ1n) is 9.74. The zero-order valence-electron chi connectivity index (χ0n) is 17.1. The lowest BCUT2D eigenvalue weighted by Crippen LogP contribution is -2.49. The van der Waals surface area contributed by atoms with Gasteiger partial charge in [0.05, 0.1) is 7.11 Å². The molecule has 0 amide bonds. The van der Waals surface area contributed by atoms with Gasteiger partial charge in [0.15, 0.2) is 0 Å². The average molecular weight is 408 g/mol. The van der Waals surface area contributed by atoms with Crippen LogP contribution in [0.2, 0.25) is 0 Å². The maximum atomic E-state index is 12.8. The molecule has 0 aromatic heterocycles. The molecule has 0 radical (unpaired) electrons. The lowest BCUT2D eigenvalue weighted by Gasteiger charge is -2.41. The molecule has 2 atom stereocenters. The number of fused-ring (bicyclic) bond motifs is 3. The Balaban J connectivity index is 1.98. The Morgan fingerprint density at radius 3 is 2.33 bits per heavy atom. The van der Waals surface area contributed by atoms with Crippen molar-refractivity contribution in [3.8, 4) is 11.5 Å². The fraction of sp³-hybridized carbons (Fsp3) is 0.292. The largest absolute Gasteiger partial charge is 0.487 e. The number of carbonyl (C=O) groups excluding carboxylic acids is 1. The van der Waals surface area contributed by atoms with Crippen molar-refractivity contribution in [1.29, 1.82) is 0 Å². The smallest absolute Gasteiger partial charge is 0.342 e. The van der Waals surface area contributed by atoms with Crippen molar-refractivity contribution in [3.05, 3.63) is 71.3 Å². The number of hydrogen-bond acceptors (Lipinski definition) is 6.